The molecule has 7 heteroatoms. The Labute approximate surface area is 63.5 Å². The van der Waals surface area contributed by atoms with Crippen LogP contribution >= 0.6 is 7.60 Å². The van der Waals surface area contributed by atoms with Gasteiger partial charge in [0.15, 0.2) is 0 Å². The van der Waals surface area contributed by atoms with Crippen LogP contribution in [0.4, 0.5) is 0 Å². The number of carbonyl (C=O) groups excluding carboxylic acids is 1. The van der Waals surface area contributed by atoms with Crippen LogP contribution in [0.1, 0.15) is 6.42 Å². The normalized spacial score (nSPS) is 14.2. The van der Waals surface area contributed by atoms with Gasteiger partial charge in [0.2, 0.25) is 0 Å². The lowest BCUT2D eigenvalue weighted by Gasteiger charge is -2.10. The molecule has 1 atom stereocenters. The molecular weight excluding hydrogens is 173 g/mol. The Hall–Kier alpha value is -0.420. The molecule has 11 heavy (non-hydrogen) atoms. The summed E-state index contributed by atoms with van der Waals surface area (Å²) >= 11 is 0. The van der Waals surface area contributed by atoms with E-state index < -0.39 is 25.8 Å². The Morgan fingerprint density at radius 3 is 2.45 bits per heavy atom. The minimum absolute atomic E-state index is 0.471. The van der Waals surface area contributed by atoms with Crippen molar-refractivity contribution >= 4 is 13.6 Å². The van der Waals surface area contributed by atoms with Crippen LogP contribution in [-0.2, 0) is 14.1 Å². The van der Waals surface area contributed by atoms with Crippen molar-refractivity contribution in [1.29, 1.82) is 0 Å². The second kappa shape index (κ2) is 3.82. The molecule has 0 aliphatic rings. The SMILES string of the molecule is COC(=O)CC(N)P(=O)(O)O. The zero-order chi connectivity index (χ0) is 9.07. The summed E-state index contributed by atoms with van der Waals surface area (Å²) in [5.74, 6) is -2.20. The Bertz CT molecular complexity index is 187. The lowest BCUT2D eigenvalue weighted by atomic mass is 10.4. The van der Waals surface area contributed by atoms with Crippen LogP contribution in [0.3, 0.4) is 0 Å². The quantitative estimate of drug-likeness (QED) is 0.383. The maximum absolute atomic E-state index is 10.4. The highest BCUT2D eigenvalue weighted by atomic mass is 31.2. The predicted octanol–water partition coefficient (Wildman–Crippen LogP) is -0.988. The number of ether oxygens (including phenoxy) is 1. The standard InChI is InChI=1S/C4H10NO5P/c1-10-4(6)2-3(5)11(7,8)9/h3H,2,5H2,1H3,(H2,7,8,9). The number of hydrogen-bond acceptors (Lipinski definition) is 4. The van der Waals surface area contributed by atoms with Crippen molar-refractivity contribution in [3.8, 4) is 0 Å². The van der Waals surface area contributed by atoms with Gasteiger partial charge in [0, 0.05) is 0 Å². The van der Waals surface area contributed by atoms with Crippen LogP contribution in [0.2, 0.25) is 0 Å². The van der Waals surface area contributed by atoms with Crippen LogP contribution < -0.4 is 5.73 Å². The third-order valence-corrected chi connectivity index (χ3v) is 2.08. The molecule has 0 rings (SSSR count). The van der Waals surface area contributed by atoms with Crippen molar-refractivity contribution < 1.29 is 23.9 Å². The first kappa shape index (κ1) is 10.6. The van der Waals surface area contributed by atoms with Crippen molar-refractivity contribution in [2.24, 2.45) is 5.73 Å². The lowest BCUT2D eigenvalue weighted by Crippen LogP contribution is -2.24. The summed E-state index contributed by atoms with van der Waals surface area (Å²) in [7, 11) is -3.23. The topological polar surface area (TPSA) is 110 Å². The predicted molar refractivity (Wildman–Crippen MR) is 36.7 cm³/mol. The molecule has 0 fully saturated rings. The second-order valence-electron chi connectivity index (χ2n) is 1.94. The fourth-order valence-electron chi connectivity index (χ4n) is 0.373. The fraction of sp³-hybridized carbons (Fsp3) is 0.750. The number of carbonyl (C=O) groups is 1. The molecule has 0 aliphatic heterocycles. The summed E-state index contributed by atoms with van der Waals surface area (Å²) < 4.78 is 14.5. The molecular formula is C4H10NO5P. The third-order valence-electron chi connectivity index (χ3n) is 1.04. The zero-order valence-electron chi connectivity index (χ0n) is 5.93. The smallest absolute Gasteiger partial charge is 0.342 e. The van der Waals surface area contributed by atoms with E-state index in [0.29, 0.717) is 0 Å². The summed E-state index contributed by atoms with van der Waals surface area (Å²) in [5.41, 5.74) is 4.96. The van der Waals surface area contributed by atoms with E-state index in [2.05, 4.69) is 4.74 Å². The van der Waals surface area contributed by atoms with E-state index in [4.69, 9.17) is 15.5 Å². The highest BCUT2D eigenvalue weighted by Crippen LogP contribution is 2.39. The van der Waals surface area contributed by atoms with Crippen LogP contribution in [-0.4, -0.2) is 28.6 Å². The summed E-state index contributed by atoms with van der Waals surface area (Å²) in [4.78, 5) is 27.2. The maximum atomic E-state index is 10.4. The lowest BCUT2D eigenvalue weighted by molar-refractivity contribution is -0.140. The van der Waals surface area contributed by atoms with Gasteiger partial charge in [0.25, 0.3) is 0 Å². The minimum Gasteiger partial charge on any atom is -0.469 e. The summed E-state index contributed by atoms with van der Waals surface area (Å²) in [5, 5.41) is 0. The fourth-order valence-corrected chi connectivity index (χ4v) is 0.760. The first-order chi connectivity index (χ1) is 4.88. The summed E-state index contributed by atoms with van der Waals surface area (Å²) in [6, 6.07) is 0. The van der Waals surface area contributed by atoms with Crippen molar-refractivity contribution in [2.45, 2.75) is 12.2 Å². The Balaban J connectivity index is 3.98. The van der Waals surface area contributed by atoms with E-state index in [-0.39, 0.29) is 0 Å². The monoisotopic (exact) mass is 183 g/mol. The van der Waals surface area contributed by atoms with E-state index in [1.807, 2.05) is 0 Å². The van der Waals surface area contributed by atoms with Crippen LogP contribution in [0.25, 0.3) is 0 Å². The molecule has 0 aromatic carbocycles. The summed E-state index contributed by atoms with van der Waals surface area (Å²) in [6.07, 6.45) is -0.471. The van der Waals surface area contributed by atoms with E-state index in [1.54, 1.807) is 0 Å². The first-order valence-corrected chi connectivity index (χ1v) is 4.43. The maximum Gasteiger partial charge on any atom is 0.342 e. The highest BCUT2D eigenvalue weighted by molar-refractivity contribution is 7.52. The zero-order valence-corrected chi connectivity index (χ0v) is 6.82. The molecule has 0 saturated heterocycles. The molecule has 0 aromatic heterocycles. The van der Waals surface area contributed by atoms with Gasteiger partial charge in [0.1, 0.15) is 5.78 Å². The number of nitrogens with two attached hydrogens (primary N) is 1. The number of esters is 1. The number of methoxy groups -OCH3 is 1. The molecule has 0 radical (unpaired) electrons. The van der Waals surface area contributed by atoms with Gasteiger partial charge in [-0.15, -0.1) is 0 Å². The van der Waals surface area contributed by atoms with E-state index in [1.165, 1.54) is 0 Å². The molecule has 0 spiro atoms. The van der Waals surface area contributed by atoms with Gasteiger partial charge in [-0.3, -0.25) is 9.36 Å². The Morgan fingerprint density at radius 1 is 1.73 bits per heavy atom. The van der Waals surface area contributed by atoms with E-state index >= 15 is 0 Å². The molecule has 0 bridgehead atoms. The molecule has 66 valence electrons. The Kier molecular flexibility index (Phi) is 3.68. The van der Waals surface area contributed by atoms with Crippen LogP contribution in [0.15, 0.2) is 0 Å². The first-order valence-electron chi connectivity index (χ1n) is 2.75. The van der Waals surface area contributed by atoms with Crippen molar-refractivity contribution in [3.05, 3.63) is 0 Å². The Morgan fingerprint density at radius 2 is 2.18 bits per heavy atom. The second-order valence-corrected chi connectivity index (χ2v) is 3.78. The van der Waals surface area contributed by atoms with Gasteiger partial charge in [0.05, 0.1) is 13.5 Å². The summed E-state index contributed by atoms with van der Waals surface area (Å²) in [6.45, 7) is 0. The molecule has 0 aliphatic carbocycles. The molecule has 4 N–H and O–H groups in total. The highest BCUT2D eigenvalue weighted by Gasteiger charge is 2.27. The van der Waals surface area contributed by atoms with Gasteiger partial charge in [-0.2, -0.15) is 0 Å². The van der Waals surface area contributed by atoms with Crippen molar-refractivity contribution in [2.75, 3.05) is 7.11 Å². The molecule has 6 nitrogen and oxygen atoms in total. The average molecular weight is 183 g/mol. The number of rotatable bonds is 3. The van der Waals surface area contributed by atoms with Crippen molar-refractivity contribution in [3.63, 3.8) is 0 Å². The van der Waals surface area contributed by atoms with E-state index in [9.17, 15) is 9.36 Å². The molecule has 0 amide bonds. The average Bonchev–Trinajstić information content (AvgIpc) is 1.85. The minimum atomic E-state index is -4.35. The molecule has 1 unspecified atom stereocenters. The van der Waals surface area contributed by atoms with Gasteiger partial charge in [-0.1, -0.05) is 0 Å². The van der Waals surface area contributed by atoms with Gasteiger partial charge in [-0.25, -0.2) is 0 Å². The van der Waals surface area contributed by atoms with Crippen LogP contribution in [0.5, 0.6) is 0 Å². The largest absolute Gasteiger partial charge is 0.469 e. The third kappa shape index (κ3) is 4.10. The van der Waals surface area contributed by atoms with Crippen LogP contribution in [0, 0.1) is 0 Å². The van der Waals surface area contributed by atoms with E-state index in [0.717, 1.165) is 7.11 Å². The molecule has 0 aromatic rings. The number of hydrogen-bond donors (Lipinski definition) is 3. The van der Waals surface area contributed by atoms with Gasteiger partial charge in [-0.05, 0) is 0 Å². The van der Waals surface area contributed by atoms with Gasteiger partial charge >= 0.3 is 13.6 Å². The van der Waals surface area contributed by atoms with Crippen molar-refractivity contribution in [1.82, 2.24) is 0 Å². The van der Waals surface area contributed by atoms with Gasteiger partial charge < -0.3 is 20.3 Å². The molecule has 0 saturated carbocycles. The molecule has 0 heterocycles.